The summed E-state index contributed by atoms with van der Waals surface area (Å²) in [4.78, 5) is 0. The van der Waals surface area contributed by atoms with Crippen LogP contribution in [0.5, 0.6) is 0 Å². The smallest absolute Gasteiger partial charge is 0.292 e. The van der Waals surface area contributed by atoms with Crippen molar-refractivity contribution in [3.63, 3.8) is 0 Å². The third kappa shape index (κ3) is 8.32. The van der Waals surface area contributed by atoms with E-state index in [2.05, 4.69) is 11.7 Å². The maximum absolute atomic E-state index is 12.0. The van der Waals surface area contributed by atoms with E-state index >= 15 is 0 Å². The first-order chi connectivity index (χ1) is 12.0. The van der Waals surface area contributed by atoms with Gasteiger partial charge in [0, 0.05) is 0 Å². The van der Waals surface area contributed by atoms with Crippen molar-refractivity contribution in [1.29, 1.82) is 0 Å². The summed E-state index contributed by atoms with van der Waals surface area (Å²) < 4.78 is 39.8. The summed E-state index contributed by atoms with van der Waals surface area (Å²) in [6, 6.07) is 0. The van der Waals surface area contributed by atoms with Crippen LogP contribution in [0.2, 0.25) is 0 Å². The van der Waals surface area contributed by atoms with Crippen LogP contribution in [0.1, 0.15) is 96.8 Å². The topological polar surface area (TPSA) is 9.23 Å². The van der Waals surface area contributed by atoms with Crippen molar-refractivity contribution < 1.29 is 17.9 Å². The van der Waals surface area contributed by atoms with E-state index in [0.29, 0.717) is 12.3 Å². The van der Waals surface area contributed by atoms with Crippen molar-refractivity contribution in [2.45, 2.75) is 103 Å². The fourth-order valence-corrected chi connectivity index (χ4v) is 5.14. The molecule has 2 saturated carbocycles. The zero-order valence-electron chi connectivity index (χ0n) is 16.0. The summed E-state index contributed by atoms with van der Waals surface area (Å²) in [6.45, 7) is 2.10. The summed E-state index contributed by atoms with van der Waals surface area (Å²) in [6.07, 6.45) is 13.3. The zero-order chi connectivity index (χ0) is 18.1. The second-order valence-corrected chi connectivity index (χ2v) is 8.49. The van der Waals surface area contributed by atoms with E-state index < -0.39 is 6.36 Å². The molecule has 0 aromatic carbocycles. The van der Waals surface area contributed by atoms with Crippen LogP contribution in [0, 0.1) is 23.7 Å². The standard InChI is InChI=1S/C21H37F3O/c1-2-3-4-6-17-8-12-19(13-9-17)20-14-10-18(11-15-20)7-5-16-25-21(22,23)24/h17-20H,2-16H2,1H3. The van der Waals surface area contributed by atoms with Crippen molar-refractivity contribution in [2.75, 3.05) is 6.61 Å². The molecule has 1 nitrogen and oxygen atoms in total. The molecule has 0 radical (unpaired) electrons. The minimum absolute atomic E-state index is 0.175. The molecule has 4 heteroatoms. The molecule has 2 aliphatic rings. The monoisotopic (exact) mass is 362 g/mol. The van der Waals surface area contributed by atoms with Gasteiger partial charge in [-0.1, -0.05) is 58.3 Å². The Balaban J connectivity index is 1.55. The quantitative estimate of drug-likeness (QED) is 0.386. The van der Waals surface area contributed by atoms with E-state index in [1.165, 1.54) is 77.0 Å². The van der Waals surface area contributed by atoms with Gasteiger partial charge in [-0.2, -0.15) is 0 Å². The van der Waals surface area contributed by atoms with Gasteiger partial charge in [0.15, 0.2) is 0 Å². The number of rotatable bonds is 9. The van der Waals surface area contributed by atoms with E-state index in [4.69, 9.17) is 0 Å². The Hall–Kier alpha value is -0.250. The van der Waals surface area contributed by atoms with Gasteiger partial charge in [-0.3, -0.25) is 4.74 Å². The molecular weight excluding hydrogens is 325 g/mol. The first kappa shape index (κ1) is 21.1. The number of ether oxygens (including phenoxy) is 1. The molecule has 2 aliphatic carbocycles. The summed E-state index contributed by atoms with van der Waals surface area (Å²) >= 11 is 0. The third-order valence-electron chi connectivity index (χ3n) is 6.69. The average molecular weight is 363 g/mol. The van der Waals surface area contributed by atoms with Gasteiger partial charge in [-0.05, 0) is 62.2 Å². The fourth-order valence-electron chi connectivity index (χ4n) is 5.14. The summed E-state index contributed by atoms with van der Waals surface area (Å²) in [5.41, 5.74) is 0. The van der Waals surface area contributed by atoms with Crippen LogP contribution in [-0.2, 0) is 4.74 Å². The molecule has 0 N–H and O–H groups in total. The molecule has 0 aliphatic heterocycles. The first-order valence-corrected chi connectivity index (χ1v) is 10.7. The molecule has 2 fully saturated rings. The van der Waals surface area contributed by atoms with Crippen LogP contribution in [0.15, 0.2) is 0 Å². The molecule has 0 bridgehead atoms. The Kier molecular flexibility index (Phi) is 9.09. The lowest BCUT2D eigenvalue weighted by Gasteiger charge is -2.38. The van der Waals surface area contributed by atoms with Crippen LogP contribution in [0.4, 0.5) is 13.2 Å². The molecule has 0 unspecified atom stereocenters. The van der Waals surface area contributed by atoms with Crippen LogP contribution in [-0.4, -0.2) is 13.0 Å². The van der Waals surface area contributed by atoms with Crippen LogP contribution < -0.4 is 0 Å². The number of unbranched alkanes of at least 4 members (excludes halogenated alkanes) is 2. The lowest BCUT2D eigenvalue weighted by Crippen LogP contribution is -2.26. The van der Waals surface area contributed by atoms with E-state index in [9.17, 15) is 13.2 Å². The first-order valence-electron chi connectivity index (χ1n) is 10.7. The van der Waals surface area contributed by atoms with Gasteiger partial charge in [0.25, 0.3) is 0 Å². The predicted octanol–water partition coefficient (Wildman–Crippen LogP) is 7.50. The van der Waals surface area contributed by atoms with Gasteiger partial charge in [-0.25, -0.2) is 0 Å². The third-order valence-corrected chi connectivity index (χ3v) is 6.69. The molecule has 148 valence electrons. The van der Waals surface area contributed by atoms with Gasteiger partial charge in [0.2, 0.25) is 0 Å². The lowest BCUT2D eigenvalue weighted by molar-refractivity contribution is -0.324. The van der Waals surface area contributed by atoms with E-state index in [1.54, 1.807) is 0 Å². The van der Waals surface area contributed by atoms with Gasteiger partial charge in [0.05, 0.1) is 6.61 Å². The van der Waals surface area contributed by atoms with Crippen molar-refractivity contribution >= 4 is 0 Å². The summed E-state index contributed by atoms with van der Waals surface area (Å²) in [5, 5.41) is 0. The highest BCUT2D eigenvalue weighted by atomic mass is 19.4. The molecule has 0 spiro atoms. The van der Waals surface area contributed by atoms with E-state index in [0.717, 1.165) is 24.2 Å². The van der Waals surface area contributed by atoms with Crippen molar-refractivity contribution in [1.82, 2.24) is 0 Å². The number of hydrogen-bond acceptors (Lipinski definition) is 1. The molecule has 0 aromatic heterocycles. The summed E-state index contributed by atoms with van der Waals surface area (Å²) in [7, 11) is 0. The molecule has 0 heterocycles. The molecule has 25 heavy (non-hydrogen) atoms. The highest BCUT2D eigenvalue weighted by Crippen LogP contribution is 2.43. The van der Waals surface area contributed by atoms with Gasteiger partial charge >= 0.3 is 6.36 Å². The molecule has 0 atom stereocenters. The van der Waals surface area contributed by atoms with Gasteiger partial charge in [-0.15, -0.1) is 13.2 Å². The van der Waals surface area contributed by atoms with Crippen molar-refractivity contribution in [2.24, 2.45) is 23.7 Å². The second kappa shape index (κ2) is 10.8. The normalized spacial score (nSPS) is 31.2. The minimum atomic E-state index is -4.47. The van der Waals surface area contributed by atoms with Crippen LogP contribution >= 0.6 is 0 Å². The van der Waals surface area contributed by atoms with Gasteiger partial charge < -0.3 is 0 Å². The Labute approximate surface area is 152 Å². The maximum atomic E-state index is 12.0. The highest BCUT2D eigenvalue weighted by molar-refractivity contribution is 4.82. The Morgan fingerprint density at radius 3 is 1.64 bits per heavy atom. The van der Waals surface area contributed by atoms with Crippen molar-refractivity contribution in [3.05, 3.63) is 0 Å². The predicted molar refractivity (Wildman–Crippen MR) is 96.3 cm³/mol. The highest BCUT2D eigenvalue weighted by Gasteiger charge is 2.31. The number of halogens is 3. The van der Waals surface area contributed by atoms with Crippen molar-refractivity contribution in [3.8, 4) is 0 Å². The lowest BCUT2D eigenvalue weighted by atomic mass is 9.68. The molecule has 0 aromatic rings. The number of alkyl halides is 3. The molecule has 2 rings (SSSR count). The molecular formula is C21H37F3O. The number of hydrogen-bond donors (Lipinski definition) is 0. The average Bonchev–Trinajstić information content (AvgIpc) is 2.59. The Morgan fingerprint density at radius 2 is 1.20 bits per heavy atom. The van der Waals surface area contributed by atoms with Crippen LogP contribution in [0.3, 0.4) is 0 Å². The van der Waals surface area contributed by atoms with E-state index in [1.807, 2.05) is 0 Å². The molecule has 0 saturated heterocycles. The summed E-state index contributed by atoms with van der Waals surface area (Å²) in [5.74, 6) is 3.42. The Morgan fingerprint density at radius 1 is 0.720 bits per heavy atom. The fraction of sp³-hybridized carbons (Fsp3) is 1.00. The largest absolute Gasteiger partial charge is 0.522 e. The maximum Gasteiger partial charge on any atom is 0.522 e. The Bertz CT molecular complexity index is 340. The SMILES string of the molecule is CCCCCC1CCC(C2CCC(CCCOC(F)(F)F)CC2)CC1. The van der Waals surface area contributed by atoms with Gasteiger partial charge in [0.1, 0.15) is 0 Å². The van der Waals surface area contributed by atoms with E-state index in [-0.39, 0.29) is 6.61 Å². The second-order valence-electron chi connectivity index (χ2n) is 8.49. The minimum Gasteiger partial charge on any atom is -0.292 e. The molecule has 0 amide bonds. The van der Waals surface area contributed by atoms with Crippen LogP contribution in [0.25, 0.3) is 0 Å². The zero-order valence-corrected chi connectivity index (χ0v) is 16.0.